The Kier molecular flexibility index (Phi) is 4.38. The topological polar surface area (TPSA) is 128 Å². The van der Waals surface area contributed by atoms with E-state index >= 15 is 0 Å². The summed E-state index contributed by atoms with van der Waals surface area (Å²) in [6, 6.07) is 4.73. The molecule has 1 fully saturated rings. The van der Waals surface area contributed by atoms with Crippen LogP contribution in [0.1, 0.15) is 46.1 Å². The van der Waals surface area contributed by atoms with E-state index in [1.807, 2.05) is 19.9 Å². The lowest BCUT2D eigenvalue weighted by Gasteiger charge is -2.29. The van der Waals surface area contributed by atoms with E-state index in [-0.39, 0.29) is 24.8 Å². The summed E-state index contributed by atoms with van der Waals surface area (Å²) in [5.74, 6) is 0.524. The van der Waals surface area contributed by atoms with Crippen LogP contribution in [0.15, 0.2) is 24.4 Å². The van der Waals surface area contributed by atoms with Gasteiger partial charge in [-0.1, -0.05) is 11.3 Å². The molecule has 5 rings (SSSR count). The van der Waals surface area contributed by atoms with Crippen LogP contribution in [-0.4, -0.2) is 58.4 Å². The molecule has 3 amide bonds. The number of hydrogen-bond acceptors (Lipinski definition) is 7. The fourth-order valence-electron chi connectivity index (χ4n) is 4.14. The highest BCUT2D eigenvalue weighted by molar-refractivity contribution is 6.05. The fourth-order valence-corrected chi connectivity index (χ4v) is 4.14. The van der Waals surface area contributed by atoms with Gasteiger partial charge in [-0.2, -0.15) is 5.10 Å². The van der Waals surface area contributed by atoms with Gasteiger partial charge in [-0.3, -0.25) is 19.7 Å². The van der Waals surface area contributed by atoms with Crippen molar-refractivity contribution in [1.82, 2.24) is 40.0 Å². The van der Waals surface area contributed by atoms with Crippen molar-refractivity contribution >= 4 is 17.7 Å². The van der Waals surface area contributed by atoms with Gasteiger partial charge in [-0.05, 0) is 32.4 Å². The van der Waals surface area contributed by atoms with Gasteiger partial charge >= 0.3 is 0 Å². The predicted octanol–water partition coefficient (Wildman–Crippen LogP) is 0.285. The van der Waals surface area contributed by atoms with Crippen molar-refractivity contribution in [2.75, 3.05) is 0 Å². The van der Waals surface area contributed by atoms with Gasteiger partial charge < -0.3 is 4.90 Å². The number of hydrogen-bond donors (Lipinski definition) is 1. The average molecular weight is 420 g/mol. The number of nitrogens with one attached hydrogen (secondary N) is 1. The van der Waals surface area contributed by atoms with Gasteiger partial charge in [-0.15, -0.1) is 5.10 Å². The summed E-state index contributed by atoms with van der Waals surface area (Å²) in [7, 11) is 0. The van der Waals surface area contributed by atoms with Crippen LogP contribution < -0.4 is 5.32 Å². The smallest absolute Gasteiger partial charge is 0.255 e. The normalized spacial score (nSPS) is 18.5. The molecule has 0 saturated carbocycles. The maximum atomic E-state index is 13.0. The summed E-state index contributed by atoms with van der Waals surface area (Å²) in [4.78, 5) is 42.6. The van der Waals surface area contributed by atoms with E-state index in [0.29, 0.717) is 30.0 Å². The number of imide groups is 1. The molecule has 4 heterocycles. The maximum Gasteiger partial charge on any atom is 0.255 e. The minimum atomic E-state index is -0.657. The van der Waals surface area contributed by atoms with Gasteiger partial charge in [0.05, 0.1) is 18.4 Å². The van der Waals surface area contributed by atoms with Crippen LogP contribution in [0.5, 0.6) is 0 Å². The molecule has 0 spiro atoms. The zero-order valence-electron chi connectivity index (χ0n) is 17.1. The van der Waals surface area contributed by atoms with Crippen molar-refractivity contribution in [3.05, 3.63) is 52.9 Å². The maximum absolute atomic E-state index is 13.0. The van der Waals surface area contributed by atoms with Crippen molar-refractivity contribution in [3.63, 3.8) is 0 Å². The zero-order valence-corrected chi connectivity index (χ0v) is 17.1. The van der Waals surface area contributed by atoms with Crippen LogP contribution in [0.3, 0.4) is 0 Å². The summed E-state index contributed by atoms with van der Waals surface area (Å²) in [5.41, 5.74) is 2.74. The Morgan fingerprint density at radius 1 is 1.19 bits per heavy atom. The number of aryl methyl sites for hydroxylation is 2. The highest BCUT2D eigenvalue weighted by atomic mass is 16.2. The molecule has 11 nitrogen and oxygen atoms in total. The molecule has 3 aromatic rings. The van der Waals surface area contributed by atoms with Crippen molar-refractivity contribution in [3.8, 4) is 5.69 Å². The number of benzene rings is 1. The third-order valence-electron chi connectivity index (χ3n) is 5.62. The Morgan fingerprint density at radius 3 is 2.77 bits per heavy atom. The molecule has 2 aliphatic heterocycles. The van der Waals surface area contributed by atoms with Gasteiger partial charge in [-0.25, -0.2) is 14.3 Å². The lowest BCUT2D eigenvalue weighted by molar-refractivity contribution is -0.136. The molecule has 1 atom stereocenters. The molecule has 2 aromatic heterocycles. The monoisotopic (exact) mass is 420 g/mol. The van der Waals surface area contributed by atoms with Crippen molar-refractivity contribution in [1.29, 1.82) is 0 Å². The highest BCUT2D eigenvalue weighted by Gasteiger charge is 2.40. The summed E-state index contributed by atoms with van der Waals surface area (Å²) in [5, 5.41) is 15.1. The van der Waals surface area contributed by atoms with E-state index in [4.69, 9.17) is 0 Å². The molecular formula is C20H20N8O3. The number of carbonyl (C=O) groups excluding carboxylic acids is 3. The Balaban J connectivity index is 1.42. The van der Waals surface area contributed by atoms with Gasteiger partial charge in [0.2, 0.25) is 11.8 Å². The standard InChI is InChI=1S/C20H20N8O3/c1-11-21-12(2)27(24-11)8-13-9-28(25-23-13)16-5-3-4-14-15(16)10-26(20(14)31)17-6-7-18(29)22-19(17)30/h3-5,9,17H,6-8,10H2,1-2H3,(H,22,29,30). The predicted molar refractivity (Wildman–Crippen MR) is 106 cm³/mol. The third kappa shape index (κ3) is 3.27. The lowest BCUT2D eigenvalue weighted by Crippen LogP contribution is -2.52. The number of amides is 3. The molecule has 2 aliphatic rings. The zero-order chi connectivity index (χ0) is 21.7. The quantitative estimate of drug-likeness (QED) is 0.601. The first-order chi connectivity index (χ1) is 14.9. The van der Waals surface area contributed by atoms with Crippen LogP contribution in [0.2, 0.25) is 0 Å². The molecule has 31 heavy (non-hydrogen) atoms. The molecule has 0 aliphatic carbocycles. The molecule has 1 aromatic carbocycles. The van der Waals surface area contributed by atoms with Gasteiger partial charge in [0.25, 0.3) is 5.91 Å². The summed E-state index contributed by atoms with van der Waals surface area (Å²) < 4.78 is 3.39. The molecule has 11 heteroatoms. The second-order valence-electron chi connectivity index (χ2n) is 7.72. The first kappa shape index (κ1) is 19.1. The van der Waals surface area contributed by atoms with Crippen LogP contribution in [-0.2, 0) is 22.7 Å². The SMILES string of the molecule is Cc1nc(C)n(Cc2cn(-c3cccc4c3CN(C3CCC(=O)NC3=O)C4=O)nn2)n1. The molecule has 1 unspecified atom stereocenters. The molecule has 158 valence electrons. The third-order valence-corrected chi connectivity index (χ3v) is 5.62. The van der Waals surface area contributed by atoms with Crippen LogP contribution in [0.25, 0.3) is 5.69 Å². The Hall–Kier alpha value is -3.89. The highest BCUT2D eigenvalue weighted by Crippen LogP contribution is 2.31. The van der Waals surface area contributed by atoms with E-state index in [1.165, 1.54) is 4.90 Å². The second kappa shape index (κ2) is 7.11. The number of aromatic nitrogens is 6. The number of piperidine rings is 1. The van der Waals surface area contributed by atoms with Crippen LogP contribution in [0, 0.1) is 13.8 Å². The van der Waals surface area contributed by atoms with E-state index < -0.39 is 11.9 Å². The van der Waals surface area contributed by atoms with Crippen LogP contribution in [0.4, 0.5) is 0 Å². The molecular weight excluding hydrogens is 400 g/mol. The van der Waals surface area contributed by atoms with Crippen LogP contribution >= 0.6 is 0 Å². The number of fused-ring (bicyclic) bond motifs is 1. The minimum absolute atomic E-state index is 0.219. The van der Waals surface area contributed by atoms with Crippen molar-refractivity contribution < 1.29 is 14.4 Å². The number of carbonyl (C=O) groups is 3. The Labute approximate surface area is 177 Å². The number of nitrogens with zero attached hydrogens (tertiary/aromatic N) is 7. The lowest BCUT2D eigenvalue weighted by atomic mass is 10.0. The minimum Gasteiger partial charge on any atom is -0.322 e. The van der Waals surface area contributed by atoms with Gasteiger partial charge in [0.15, 0.2) is 0 Å². The van der Waals surface area contributed by atoms with E-state index in [0.717, 1.165) is 17.1 Å². The molecule has 1 N–H and O–H groups in total. The van der Waals surface area contributed by atoms with E-state index in [1.54, 1.807) is 27.7 Å². The van der Waals surface area contributed by atoms with Crippen molar-refractivity contribution in [2.24, 2.45) is 0 Å². The van der Waals surface area contributed by atoms with E-state index in [2.05, 4.69) is 25.7 Å². The Morgan fingerprint density at radius 2 is 2.03 bits per heavy atom. The van der Waals surface area contributed by atoms with Gasteiger partial charge in [0.1, 0.15) is 23.4 Å². The first-order valence-corrected chi connectivity index (χ1v) is 9.97. The molecule has 1 saturated heterocycles. The average Bonchev–Trinajstić information content (AvgIpc) is 3.41. The second-order valence-corrected chi connectivity index (χ2v) is 7.72. The number of rotatable bonds is 4. The Bertz CT molecular complexity index is 1230. The fraction of sp³-hybridized carbons (Fsp3) is 0.350. The summed E-state index contributed by atoms with van der Waals surface area (Å²) >= 11 is 0. The summed E-state index contributed by atoms with van der Waals surface area (Å²) in [6.45, 7) is 4.42. The first-order valence-electron chi connectivity index (χ1n) is 9.97. The largest absolute Gasteiger partial charge is 0.322 e. The van der Waals surface area contributed by atoms with E-state index in [9.17, 15) is 14.4 Å². The van der Waals surface area contributed by atoms with Gasteiger partial charge in [0, 0.05) is 24.1 Å². The molecule has 0 radical (unpaired) electrons. The molecule has 0 bridgehead atoms. The summed E-state index contributed by atoms with van der Waals surface area (Å²) in [6.07, 6.45) is 2.34. The van der Waals surface area contributed by atoms with Crippen molar-refractivity contribution in [2.45, 2.75) is 45.8 Å².